The van der Waals surface area contributed by atoms with Crippen molar-refractivity contribution in [2.75, 3.05) is 58.2 Å². The van der Waals surface area contributed by atoms with Crippen molar-refractivity contribution in [3.8, 4) is 5.75 Å². The van der Waals surface area contributed by atoms with Gasteiger partial charge in [-0.1, -0.05) is 0 Å². The lowest BCUT2D eigenvalue weighted by molar-refractivity contribution is -0.133. The van der Waals surface area contributed by atoms with Gasteiger partial charge in [0.2, 0.25) is 11.8 Å². The van der Waals surface area contributed by atoms with Crippen molar-refractivity contribution in [3.63, 3.8) is 0 Å². The highest BCUT2D eigenvalue weighted by atomic mass is 16.5. The lowest BCUT2D eigenvalue weighted by Crippen LogP contribution is -2.54. The van der Waals surface area contributed by atoms with Gasteiger partial charge in [0.25, 0.3) is 0 Å². The van der Waals surface area contributed by atoms with Crippen molar-refractivity contribution in [2.45, 2.75) is 26.8 Å². The van der Waals surface area contributed by atoms with E-state index in [4.69, 9.17) is 4.74 Å². The first kappa shape index (κ1) is 21.2. The molecule has 1 atom stereocenters. The number of anilines is 1. The molecule has 1 aromatic carbocycles. The summed E-state index contributed by atoms with van der Waals surface area (Å²) < 4.78 is 5.13. The lowest BCUT2D eigenvalue weighted by Gasteiger charge is -2.37. The maximum atomic E-state index is 12.5. The van der Waals surface area contributed by atoms with Gasteiger partial charge >= 0.3 is 0 Å². The molecule has 1 fully saturated rings. The predicted octanol–water partition coefficient (Wildman–Crippen LogP) is 1.51. The maximum Gasteiger partial charge on any atom is 0.241 e. The zero-order valence-corrected chi connectivity index (χ0v) is 16.9. The second kappa shape index (κ2) is 10.3. The quantitative estimate of drug-likeness (QED) is 0.745. The average Bonchev–Trinajstić information content (AvgIpc) is 2.69. The molecule has 7 nitrogen and oxygen atoms in total. The van der Waals surface area contributed by atoms with E-state index in [1.54, 1.807) is 7.11 Å². The monoisotopic (exact) mass is 376 g/mol. The third-order valence-corrected chi connectivity index (χ3v) is 5.17. The van der Waals surface area contributed by atoms with Crippen LogP contribution in [0.2, 0.25) is 0 Å². The molecule has 1 heterocycles. The molecule has 2 rings (SSSR count). The number of ether oxygens (including phenoxy) is 1. The van der Waals surface area contributed by atoms with Crippen molar-refractivity contribution in [3.05, 3.63) is 24.3 Å². The number of carbonyl (C=O) groups is 2. The fourth-order valence-electron chi connectivity index (χ4n) is 3.26. The molecule has 1 unspecified atom stereocenters. The second-order valence-electron chi connectivity index (χ2n) is 6.77. The number of nitrogens with zero attached hydrogens (tertiary/aromatic N) is 3. The molecule has 0 spiro atoms. The molecule has 0 aromatic heterocycles. The van der Waals surface area contributed by atoms with Crippen LogP contribution in [0.4, 0.5) is 5.69 Å². The molecule has 7 heteroatoms. The first-order valence-corrected chi connectivity index (χ1v) is 9.67. The Kier molecular flexibility index (Phi) is 8.06. The number of likely N-dealkylation sites (N-methyl/N-ethyl adjacent to an activating group) is 1. The van der Waals surface area contributed by atoms with E-state index in [0.717, 1.165) is 50.7 Å². The van der Waals surface area contributed by atoms with Crippen LogP contribution >= 0.6 is 0 Å². The fraction of sp³-hybridized carbons (Fsp3) is 0.600. The van der Waals surface area contributed by atoms with E-state index >= 15 is 0 Å². The van der Waals surface area contributed by atoms with E-state index in [0.29, 0.717) is 6.54 Å². The molecule has 1 aliphatic rings. The molecule has 1 aromatic rings. The Morgan fingerprint density at radius 3 is 2.22 bits per heavy atom. The minimum atomic E-state index is -0.215. The number of methoxy groups -OCH3 is 1. The molecule has 1 saturated heterocycles. The van der Waals surface area contributed by atoms with Crippen molar-refractivity contribution in [2.24, 2.45) is 0 Å². The smallest absolute Gasteiger partial charge is 0.241 e. The number of rotatable bonds is 8. The van der Waals surface area contributed by atoms with Gasteiger partial charge in [-0.3, -0.25) is 19.4 Å². The van der Waals surface area contributed by atoms with E-state index in [-0.39, 0.29) is 17.9 Å². The molecule has 0 aliphatic carbocycles. The number of carbonyl (C=O) groups excluding carboxylic acids is 2. The summed E-state index contributed by atoms with van der Waals surface area (Å²) in [5.41, 5.74) is 0.760. The Morgan fingerprint density at radius 1 is 1.11 bits per heavy atom. The highest BCUT2D eigenvalue weighted by molar-refractivity contribution is 5.94. The minimum Gasteiger partial charge on any atom is -0.497 e. The zero-order valence-electron chi connectivity index (χ0n) is 16.9. The van der Waals surface area contributed by atoms with Gasteiger partial charge in [0.1, 0.15) is 5.75 Å². The number of piperazine rings is 1. The van der Waals surface area contributed by atoms with Crippen molar-refractivity contribution >= 4 is 17.5 Å². The number of benzene rings is 1. The van der Waals surface area contributed by atoms with Gasteiger partial charge < -0.3 is 15.0 Å². The number of nitrogens with one attached hydrogen (secondary N) is 1. The van der Waals surface area contributed by atoms with Gasteiger partial charge in [-0.15, -0.1) is 0 Å². The van der Waals surface area contributed by atoms with E-state index in [2.05, 4.69) is 15.1 Å². The van der Waals surface area contributed by atoms with Crippen LogP contribution in [-0.2, 0) is 9.59 Å². The highest BCUT2D eigenvalue weighted by Gasteiger charge is 2.27. The molecule has 0 saturated carbocycles. The highest BCUT2D eigenvalue weighted by Crippen LogP contribution is 2.16. The van der Waals surface area contributed by atoms with Crippen LogP contribution in [0.1, 0.15) is 20.8 Å². The Bertz CT molecular complexity index is 608. The molecule has 0 radical (unpaired) electrons. The van der Waals surface area contributed by atoms with Crippen LogP contribution in [0.15, 0.2) is 24.3 Å². The summed E-state index contributed by atoms with van der Waals surface area (Å²) in [4.78, 5) is 31.0. The molecular weight excluding hydrogens is 344 g/mol. The molecule has 0 bridgehead atoms. The number of hydrogen-bond acceptors (Lipinski definition) is 5. The second-order valence-corrected chi connectivity index (χ2v) is 6.77. The summed E-state index contributed by atoms with van der Waals surface area (Å²) in [5.74, 6) is 0.919. The fourth-order valence-corrected chi connectivity index (χ4v) is 3.26. The van der Waals surface area contributed by atoms with Gasteiger partial charge in [0, 0.05) is 45.0 Å². The maximum absolute atomic E-state index is 12.5. The summed E-state index contributed by atoms with van der Waals surface area (Å²) in [5, 5.41) is 2.95. The summed E-state index contributed by atoms with van der Waals surface area (Å²) in [6.45, 7) is 11.0. The van der Waals surface area contributed by atoms with Gasteiger partial charge in [-0.2, -0.15) is 0 Å². The normalized spacial score (nSPS) is 16.6. The Hall–Kier alpha value is -2.12. The van der Waals surface area contributed by atoms with Gasteiger partial charge in [0.15, 0.2) is 0 Å². The van der Waals surface area contributed by atoms with E-state index in [1.807, 2.05) is 49.9 Å². The Labute approximate surface area is 162 Å². The topological polar surface area (TPSA) is 65.1 Å². The predicted molar refractivity (Wildman–Crippen MR) is 107 cm³/mol. The standard InChI is InChI=1S/C20H32N4O3/c1-5-23(6-2)19(25)15-22-11-13-24(14-12-22)16(3)20(26)21-17-7-9-18(27-4)10-8-17/h7-10,16H,5-6,11-15H2,1-4H3,(H,21,26). The van der Waals surface area contributed by atoms with Crippen LogP contribution in [0, 0.1) is 0 Å². The average molecular weight is 377 g/mol. The summed E-state index contributed by atoms with van der Waals surface area (Å²) >= 11 is 0. The Morgan fingerprint density at radius 2 is 1.70 bits per heavy atom. The first-order chi connectivity index (χ1) is 13.0. The van der Waals surface area contributed by atoms with Gasteiger partial charge in [-0.25, -0.2) is 0 Å². The molecule has 1 aliphatic heterocycles. The van der Waals surface area contributed by atoms with Crippen molar-refractivity contribution in [1.82, 2.24) is 14.7 Å². The Balaban J connectivity index is 1.80. The number of hydrogen-bond donors (Lipinski definition) is 1. The minimum absolute atomic E-state index is 0.0205. The third kappa shape index (κ3) is 5.94. The van der Waals surface area contributed by atoms with Crippen LogP contribution in [-0.4, -0.2) is 85.5 Å². The summed E-state index contributed by atoms with van der Waals surface area (Å²) in [7, 11) is 1.62. The van der Waals surface area contributed by atoms with Crippen LogP contribution in [0.5, 0.6) is 5.75 Å². The molecular formula is C20H32N4O3. The van der Waals surface area contributed by atoms with Crippen LogP contribution < -0.4 is 10.1 Å². The first-order valence-electron chi connectivity index (χ1n) is 9.67. The van der Waals surface area contributed by atoms with Crippen molar-refractivity contribution < 1.29 is 14.3 Å². The van der Waals surface area contributed by atoms with Crippen molar-refractivity contribution in [1.29, 1.82) is 0 Å². The molecule has 27 heavy (non-hydrogen) atoms. The van der Waals surface area contributed by atoms with E-state index in [9.17, 15) is 9.59 Å². The zero-order chi connectivity index (χ0) is 19.8. The summed E-state index contributed by atoms with van der Waals surface area (Å²) in [6, 6.07) is 7.10. The van der Waals surface area contributed by atoms with E-state index in [1.165, 1.54) is 0 Å². The molecule has 1 N–H and O–H groups in total. The van der Waals surface area contributed by atoms with Crippen LogP contribution in [0.25, 0.3) is 0 Å². The third-order valence-electron chi connectivity index (χ3n) is 5.17. The van der Waals surface area contributed by atoms with Gasteiger partial charge in [0.05, 0.1) is 19.7 Å². The summed E-state index contributed by atoms with van der Waals surface area (Å²) in [6.07, 6.45) is 0. The largest absolute Gasteiger partial charge is 0.497 e. The number of amides is 2. The lowest BCUT2D eigenvalue weighted by atomic mass is 10.2. The molecule has 150 valence electrons. The van der Waals surface area contributed by atoms with Crippen LogP contribution in [0.3, 0.4) is 0 Å². The SMILES string of the molecule is CCN(CC)C(=O)CN1CCN(C(C)C(=O)Nc2ccc(OC)cc2)CC1. The van der Waals surface area contributed by atoms with E-state index < -0.39 is 0 Å². The molecule has 2 amide bonds. The van der Waals surface area contributed by atoms with Gasteiger partial charge in [-0.05, 0) is 45.0 Å².